The fraction of sp³-hybridized carbons (Fsp3) is 1.00. The van der Waals surface area contributed by atoms with E-state index in [2.05, 4.69) is 25.7 Å². The van der Waals surface area contributed by atoms with Crippen molar-refractivity contribution >= 4 is 0 Å². The van der Waals surface area contributed by atoms with Gasteiger partial charge in [0, 0.05) is 30.1 Å². The van der Waals surface area contributed by atoms with Gasteiger partial charge in [-0.1, -0.05) is 13.8 Å². The third-order valence-corrected chi connectivity index (χ3v) is 4.55. The average Bonchev–Trinajstić information content (AvgIpc) is 2.74. The third-order valence-electron chi connectivity index (χ3n) is 4.55. The Kier molecular flexibility index (Phi) is 1.97. The molecule has 1 saturated heterocycles. The van der Waals surface area contributed by atoms with E-state index in [1.54, 1.807) is 0 Å². The molecule has 2 N–H and O–H groups in total. The standard InChI is InChI=1S/C11H22N2/c1-4-10(3,5-2)13-7-11(8-13)6-9(11)12/h9H,4-8,12H2,1-3H3. The van der Waals surface area contributed by atoms with Crippen LogP contribution in [0.3, 0.4) is 0 Å². The van der Waals surface area contributed by atoms with Gasteiger partial charge in [-0.2, -0.15) is 0 Å². The average molecular weight is 182 g/mol. The van der Waals surface area contributed by atoms with Gasteiger partial charge in [0.2, 0.25) is 0 Å². The van der Waals surface area contributed by atoms with Gasteiger partial charge in [0.1, 0.15) is 0 Å². The summed E-state index contributed by atoms with van der Waals surface area (Å²) in [4.78, 5) is 2.62. The summed E-state index contributed by atoms with van der Waals surface area (Å²) in [5, 5.41) is 0. The van der Waals surface area contributed by atoms with Crippen LogP contribution >= 0.6 is 0 Å². The molecule has 1 heterocycles. The van der Waals surface area contributed by atoms with E-state index in [1.165, 1.54) is 32.4 Å². The summed E-state index contributed by atoms with van der Waals surface area (Å²) in [7, 11) is 0. The Balaban J connectivity index is 1.91. The Hall–Kier alpha value is -0.0800. The molecule has 0 aromatic carbocycles. The fourth-order valence-corrected chi connectivity index (χ4v) is 2.54. The highest BCUT2D eigenvalue weighted by Crippen LogP contribution is 2.54. The maximum atomic E-state index is 5.92. The van der Waals surface area contributed by atoms with E-state index < -0.39 is 0 Å². The minimum atomic E-state index is 0.438. The maximum absolute atomic E-state index is 5.92. The van der Waals surface area contributed by atoms with Crippen molar-refractivity contribution in [1.82, 2.24) is 4.90 Å². The molecule has 0 radical (unpaired) electrons. The summed E-state index contributed by atoms with van der Waals surface area (Å²) in [6, 6.07) is 0.515. The van der Waals surface area contributed by atoms with Crippen molar-refractivity contribution in [2.24, 2.45) is 11.1 Å². The van der Waals surface area contributed by atoms with Crippen molar-refractivity contribution in [3.8, 4) is 0 Å². The van der Waals surface area contributed by atoms with Gasteiger partial charge in [0.05, 0.1) is 0 Å². The monoisotopic (exact) mass is 182 g/mol. The number of nitrogens with zero attached hydrogens (tertiary/aromatic N) is 1. The summed E-state index contributed by atoms with van der Waals surface area (Å²) in [6.45, 7) is 9.48. The van der Waals surface area contributed by atoms with Gasteiger partial charge in [-0.15, -0.1) is 0 Å². The van der Waals surface area contributed by atoms with Crippen molar-refractivity contribution in [1.29, 1.82) is 0 Å². The van der Waals surface area contributed by atoms with Gasteiger partial charge >= 0.3 is 0 Å². The number of nitrogens with two attached hydrogens (primary N) is 1. The Bertz CT molecular complexity index is 202. The first-order valence-electron chi connectivity index (χ1n) is 5.57. The predicted molar refractivity (Wildman–Crippen MR) is 55.6 cm³/mol. The Morgan fingerprint density at radius 3 is 2.15 bits per heavy atom. The molecule has 1 unspecified atom stereocenters. The molecule has 1 atom stereocenters. The largest absolute Gasteiger partial charge is 0.327 e. The lowest BCUT2D eigenvalue weighted by Crippen LogP contribution is -2.60. The van der Waals surface area contributed by atoms with Crippen molar-refractivity contribution in [3.63, 3.8) is 0 Å². The number of hydrogen-bond acceptors (Lipinski definition) is 2. The van der Waals surface area contributed by atoms with Crippen molar-refractivity contribution in [2.45, 2.75) is 51.6 Å². The summed E-state index contributed by atoms with van der Waals surface area (Å²) < 4.78 is 0. The van der Waals surface area contributed by atoms with Crippen LogP contribution in [0.25, 0.3) is 0 Å². The third kappa shape index (κ3) is 1.23. The van der Waals surface area contributed by atoms with Gasteiger partial charge in [-0.05, 0) is 26.2 Å². The first kappa shape index (κ1) is 9.47. The van der Waals surface area contributed by atoms with E-state index >= 15 is 0 Å². The lowest BCUT2D eigenvalue weighted by Gasteiger charge is -2.51. The number of hydrogen-bond donors (Lipinski definition) is 1. The van der Waals surface area contributed by atoms with Crippen LogP contribution in [0.1, 0.15) is 40.0 Å². The molecule has 76 valence electrons. The van der Waals surface area contributed by atoms with Crippen LogP contribution in [0, 0.1) is 5.41 Å². The molecule has 2 rings (SSSR count). The van der Waals surface area contributed by atoms with Crippen LogP contribution in [-0.2, 0) is 0 Å². The molecule has 2 nitrogen and oxygen atoms in total. The van der Waals surface area contributed by atoms with E-state index in [-0.39, 0.29) is 0 Å². The molecule has 1 saturated carbocycles. The molecule has 13 heavy (non-hydrogen) atoms. The van der Waals surface area contributed by atoms with Gasteiger partial charge in [0.15, 0.2) is 0 Å². The highest BCUT2D eigenvalue weighted by Gasteiger charge is 2.61. The normalized spacial score (nSPS) is 31.8. The summed E-state index contributed by atoms with van der Waals surface area (Å²) in [6.07, 6.45) is 3.79. The van der Waals surface area contributed by atoms with Crippen molar-refractivity contribution < 1.29 is 0 Å². The molecule has 2 heteroatoms. The van der Waals surface area contributed by atoms with E-state index in [0.717, 1.165) is 0 Å². The van der Waals surface area contributed by atoms with E-state index in [1.807, 2.05) is 0 Å². The van der Waals surface area contributed by atoms with Crippen molar-refractivity contribution in [3.05, 3.63) is 0 Å². The Morgan fingerprint density at radius 1 is 1.38 bits per heavy atom. The zero-order valence-corrected chi connectivity index (χ0v) is 9.14. The van der Waals surface area contributed by atoms with Gasteiger partial charge in [0.25, 0.3) is 0 Å². The van der Waals surface area contributed by atoms with E-state index in [0.29, 0.717) is 17.0 Å². The summed E-state index contributed by atoms with van der Waals surface area (Å²) in [5.74, 6) is 0. The SMILES string of the molecule is CCC(C)(CC)N1CC2(CC2N)C1. The first-order chi connectivity index (χ1) is 6.06. The fourth-order valence-electron chi connectivity index (χ4n) is 2.54. The Morgan fingerprint density at radius 2 is 1.85 bits per heavy atom. The van der Waals surface area contributed by atoms with Crippen LogP contribution in [0.4, 0.5) is 0 Å². The molecule has 1 aliphatic carbocycles. The van der Waals surface area contributed by atoms with E-state index in [9.17, 15) is 0 Å². The second kappa shape index (κ2) is 2.71. The van der Waals surface area contributed by atoms with Gasteiger partial charge < -0.3 is 5.73 Å². The zero-order valence-electron chi connectivity index (χ0n) is 9.14. The molecule has 0 aromatic heterocycles. The maximum Gasteiger partial charge on any atom is 0.0176 e. The lowest BCUT2D eigenvalue weighted by molar-refractivity contribution is -0.0265. The summed E-state index contributed by atoms with van der Waals surface area (Å²) >= 11 is 0. The smallest absolute Gasteiger partial charge is 0.0176 e. The lowest BCUT2D eigenvalue weighted by atomic mass is 9.84. The highest BCUT2D eigenvalue weighted by molar-refractivity contribution is 5.17. The van der Waals surface area contributed by atoms with E-state index in [4.69, 9.17) is 5.73 Å². The molecule has 1 aliphatic heterocycles. The topological polar surface area (TPSA) is 29.3 Å². The zero-order chi connectivity index (χ0) is 9.69. The molecular formula is C11H22N2. The second-order valence-electron chi connectivity index (χ2n) is 5.23. The highest BCUT2D eigenvalue weighted by atomic mass is 15.3. The molecule has 2 fully saturated rings. The van der Waals surface area contributed by atoms with Crippen LogP contribution in [0.5, 0.6) is 0 Å². The quantitative estimate of drug-likeness (QED) is 0.718. The van der Waals surface area contributed by atoms with Crippen LogP contribution < -0.4 is 5.73 Å². The van der Waals surface area contributed by atoms with Gasteiger partial charge in [-0.25, -0.2) is 0 Å². The first-order valence-corrected chi connectivity index (χ1v) is 5.57. The molecule has 2 aliphatic rings. The van der Waals surface area contributed by atoms with Crippen molar-refractivity contribution in [2.75, 3.05) is 13.1 Å². The molecule has 0 bridgehead atoms. The molecular weight excluding hydrogens is 160 g/mol. The molecule has 0 aromatic rings. The van der Waals surface area contributed by atoms with Gasteiger partial charge in [-0.3, -0.25) is 4.90 Å². The van der Waals surface area contributed by atoms with Crippen LogP contribution in [0.2, 0.25) is 0 Å². The van der Waals surface area contributed by atoms with Crippen LogP contribution in [-0.4, -0.2) is 29.6 Å². The number of likely N-dealkylation sites (tertiary alicyclic amines) is 1. The molecule has 0 amide bonds. The minimum absolute atomic E-state index is 0.438. The number of rotatable bonds is 3. The summed E-state index contributed by atoms with van der Waals surface area (Å²) in [5.41, 5.74) is 6.92. The Labute approximate surface area is 81.5 Å². The minimum Gasteiger partial charge on any atom is -0.327 e. The van der Waals surface area contributed by atoms with Crippen LogP contribution in [0.15, 0.2) is 0 Å². The predicted octanol–water partition coefficient (Wildman–Crippen LogP) is 1.60. The molecule has 1 spiro atoms. The second-order valence-corrected chi connectivity index (χ2v) is 5.23.